The molecule has 4 rings (SSSR count). The number of halogens is 1. The normalized spacial score (nSPS) is 20.2. The second-order valence-corrected chi connectivity index (χ2v) is 11.4. The van der Waals surface area contributed by atoms with Crippen molar-refractivity contribution in [2.75, 3.05) is 26.4 Å². The van der Waals surface area contributed by atoms with Crippen LogP contribution in [-0.2, 0) is 56.1 Å². The number of ether oxygens (including phenoxy) is 5. The van der Waals surface area contributed by atoms with Crippen molar-refractivity contribution in [3.8, 4) is 0 Å². The van der Waals surface area contributed by atoms with Gasteiger partial charge in [-0.1, -0.05) is 74.5 Å². The summed E-state index contributed by atoms with van der Waals surface area (Å²) >= 11 is 4.94. The summed E-state index contributed by atoms with van der Waals surface area (Å²) in [5.41, 5.74) is 0.441. The summed E-state index contributed by atoms with van der Waals surface area (Å²) < 4.78 is 26.9. The molecule has 2 fully saturated rings. The lowest BCUT2D eigenvalue weighted by atomic mass is 10.0. The summed E-state index contributed by atoms with van der Waals surface area (Å²) in [5.74, 6) is -0.801. The number of benzene rings is 2. The highest BCUT2D eigenvalue weighted by Gasteiger charge is 2.42. The predicted molar refractivity (Wildman–Crippen MR) is 167 cm³/mol. The Morgan fingerprint density at radius 1 is 0.756 bits per heavy atom. The van der Waals surface area contributed by atoms with Gasteiger partial charge in [-0.15, -0.1) is 0 Å². The number of esters is 3. The summed E-state index contributed by atoms with van der Waals surface area (Å²) in [5, 5.41) is 9.04. The first-order chi connectivity index (χ1) is 21.6. The van der Waals surface area contributed by atoms with Crippen molar-refractivity contribution in [2.24, 2.45) is 0 Å². The summed E-state index contributed by atoms with van der Waals surface area (Å²) in [6, 6.07) is 19.5. The molecular formula is C34H45ClO10. The second-order valence-electron chi connectivity index (χ2n) is 10.9. The minimum Gasteiger partial charge on any atom is -0.461 e. The zero-order valence-corrected chi connectivity index (χ0v) is 26.9. The van der Waals surface area contributed by atoms with Gasteiger partial charge in [0.2, 0.25) is 5.24 Å². The molecule has 2 aromatic carbocycles. The van der Waals surface area contributed by atoms with E-state index in [9.17, 15) is 24.3 Å². The van der Waals surface area contributed by atoms with Gasteiger partial charge in [-0.05, 0) is 35.6 Å². The molecule has 0 aliphatic carbocycles. The minimum absolute atomic E-state index is 0.0619. The van der Waals surface area contributed by atoms with Crippen molar-refractivity contribution in [3.05, 3.63) is 71.8 Å². The maximum atomic E-state index is 11.5. The molecule has 248 valence electrons. The van der Waals surface area contributed by atoms with Crippen LogP contribution in [0.1, 0.15) is 76.3 Å². The van der Waals surface area contributed by atoms with Crippen molar-refractivity contribution < 1.29 is 48.0 Å². The van der Waals surface area contributed by atoms with Crippen molar-refractivity contribution in [1.82, 2.24) is 0 Å². The van der Waals surface area contributed by atoms with Gasteiger partial charge in [-0.25, -0.2) is 0 Å². The molecule has 2 saturated heterocycles. The van der Waals surface area contributed by atoms with Gasteiger partial charge in [0, 0.05) is 38.5 Å². The topological polar surface area (TPSA) is 135 Å². The first kappa shape index (κ1) is 37.9. The molecule has 2 aliphatic heterocycles. The third-order valence-corrected chi connectivity index (χ3v) is 7.06. The van der Waals surface area contributed by atoms with Crippen LogP contribution in [0.4, 0.5) is 0 Å². The molecule has 0 bridgehead atoms. The van der Waals surface area contributed by atoms with Gasteiger partial charge >= 0.3 is 17.9 Å². The molecule has 2 aromatic rings. The second kappa shape index (κ2) is 20.7. The van der Waals surface area contributed by atoms with Gasteiger partial charge in [0.25, 0.3) is 0 Å². The van der Waals surface area contributed by atoms with Gasteiger partial charge in [0.05, 0.1) is 33.0 Å². The number of hydrogen-bond donors (Lipinski definition) is 1. The van der Waals surface area contributed by atoms with Crippen molar-refractivity contribution >= 4 is 34.8 Å². The molecule has 10 nitrogen and oxygen atoms in total. The maximum Gasteiger partial charge on any atom is 0.306 e. The third kappa shape index (κ3) is 15.0. The van der Waals surface area contributed by atoms with Crippen molar-refractivity contribution in [1.29, 1.82) is 0 Å². The quantitative estimate of drug-likeness (QED) is 0.151. The SMILES string of the molecule is CCCC(=O)Cl.CCCC(=O)OCC1(COCc2ccccc2)CCC(=O)O1.O=C1CCC(CO)(COCc2ccccc2)O1. The molecular weight excluding hydrogens is 604 g/mol. The van der Waals surface area contributed by atoms with Crippen LogP contribution in [0.5, 0.6) is 0 Å². The zero-order valence-electron chi connectivity index (χ0n) is 26.2. The fourth-order valence-electron chi connectivity index (χ4n) is 4.39. The average molecular weight is 649 g/mol. The Hall–Kier alpha value is -3.31. The van der Waals surface area contributed by atoms with Gasteiger partial charge in [-0.2, -0.15) is 0 Å². The molecule has 2 aliphatic rings. The minimum atomic E-state index is -0.838. The van der Waals surface area contributed by atoms with E-state index in [1.54, 1.807) is 0 Å². The Bertz CT molecular complexity index is 1180. The number of rotatable bonds is 15. The van der Waals surface area contributed by atoms with Crippen LogP contribution in [0.25, 0.3) is 0 Å². The van der Waals surface area contributed by atoms with Crippen LogP contribution in [0.3, 0.4) is 0 Å². The third-order valence-electron chi connectivity index (χ3n) is 6.87. The van der Waals surface area contributed by atoms with Gasteiger partial charge in [0.1, 0.15) is 6.61 Å². The van der Waals surface area contributed by atoms with E-state index >= 15 is 0 Å². The lowest BCUT2D eigenvalue weighted by molar-refractivity contribution is -0.169. The molecule has 2 heterocycles. The van der Waals surface area contributed by atoms with E-state index in [-0.39, 0.29) is 49.6 Å². The van der Waals surface area contributed by atoms with E-state index in [2.05, 4.69) is 0 Å². The van der Waals surface area contributed by atoms with Gasteiger partial charge in [0.15, 0.2) is 11.2 Å². The molecule has 0 spiro atoms. The first-order valence-electron chi connectivity index (χ1n) is 15.3. The molecule has 11 heteroatoms. The maximum absolute atomic E-state index is 11.5. The molecule has 1 N–H and O–H groups in total. The van der Waals surface area contributed by atoms with Crippen LogP contribution in [0.15, 0.2) is 60.7 Å². The molecule has 2 unspecified atom stereocenters. The van der Waals surface area contributed by atoms with E-state index in [4.69, 9.17) is 35.3 Å². The van der Waals surface area contributed by atoms with Crippen LogP contribution >= 0.6 is 11.6 Å². The lowest BCUT2D eigenvalue weighted by Gasteiger charge is -2.27. The van der Waals surface area contributed by atoms with Crippen molar-refractivity contribution in [2.45, 2.75) is 89.6 Å². The smallest absolute Gasteiger partial charge is 0.306 e. The Kier molecular flexibility index (Phi) is 17.4. The molecule has 45 heavy (non-hydrogen) atoms. The lowest BCUT2D eigenvalue weighted by Crippen LogP contribution is -2.40. The molecule has 0 aromatic heterocycles. The van der Waals surface area contributed by atoms with Crippen LogP contribution in [-0.4, -0.2) is 65.9 Å². The predicted octanol–water partition coefficient (Wildman–Crippen LogP) is 5.45. The zero-order chi connectivity index (χ0) is 33.0. The number of cyclic esters (lactones) is 2. The molecule has 2 atom stereocenters. The molecule has 0 amide bonds. The fourth-order valence-corrected chi connectivity index (χ4v) is 4.58. The summed E-state index contributed by atoms with van der Waals surface area (Å²) in [6.45, 7) is 5.07. The highest BCUT2D eigenvalue weighted by atomic mass is 35.5. The molecule has 0 saturated carbocycles. The fraction of sp³-hybridized carbons (Fsp3) is 0.529. The van der Waals surface area contributed by atoms with Crippen LogP contribution in [0.2, 0.25) is 0 Å². The van der Waals surface area contributed by atoms with E-state index in [0.717, 1.165) is 24.0 Å². The average Bonchev–Trinajstić information content (AvgIpc) is 3.60. The highest BCUT2D eigenvalue weighted by Crippen LogP contribution is 2.29. The number of carbonyl (C=O) groups excluding carboxylic acids is 4. The number of carbonyl (C=O) groups is 4. The van der Waals surface area contributed by atoms with E-state index in [0.29, 0.717) is 51.7 Å². The highest BCUT2D eigenvalue weighted by molar-refractivity contribution is 6.63. The number of aliphatic hydroxyl groups excluding tert-OH is 1. The summed E-state index contributed by atoms with van der Waals surface area (Å²) in [7, 11) is 0. The van der Waals surface area contributed by atoms with Crippen LogP contribution in [0, 0.1) is 0 Å². The van der Waals surface area contributed by atoms with Gasteiger partial charge < -0.3 is 28.8 Å². The molecule has 0 radical (unpaired) electrons. The van der Waals surface area contributed by atoms with Gasteiger partial charge in [-0.3, -0.25) is 19.2 Å². The largest absolute Gasteiger partial charge is 0.461 e. The van der Waals surface area contributed by atoms with Crippen molar-refractivity contribution in [3.63, 3.8) is 0 Å². The van der Waals surface area contributed by atoms with E-state index in [1.165, 1.54) is 0 Å². The summed E-state index contributed by atoms with van der Waals surface area (Å²) in [4.78, 5) is 43.8. The van der Waals surface area contributed by atoms with Crippen LogP contribution < -0.4 is 0 Å². The van der Waals surface area contributed by atoms with E-state index in [1.807, 2.05) is 74.5 Å². The Morgan fingerprint density at radius 3 is 1.60 bits per heavy atom. The Labute approximate surface area is 270 Å². The van der Waals surface area contributed by atoms with E-state index < -0.39 is 11.2 Å². The monoisotopic (exact) mass is 648 g/mol. The standard InChI is InChI=1S/C17H22O5.C13H16O4.C4H7ClO/c1-2-6-15(18)21-13-17(10-9-16(19)22-17)12-20-11-14-7-4-3-5-8-14;14-9-13(7-6-12(15)17-13)10-16-8-11-4-2-1-3-5-11;1-2-3-4(5)6/h3-5,7-8H,2,6,9-13H2,1H3;1-5,14H,6-10H2;2-3H2,1H3. The Morgan fingerprint density at radius 2 is 1.22 bits per heavy atom. The number of aliphatic hydroxyl groups is 1. The number of hydrogen-bond acceptors (Lipinski definition) is 10. The first-order valence-corrected chi connectivity index (χ1v) is 15.6. The summed E-state index contributed by atoms with van der Waals surface area (Å²) in [6.07, 6.45) is 4.18. The Balaban J connectivity index is 0.000000272.